The average molecular weight is 357 g/mol. The SMILES string of the molecule is COc1ccc(OC)c(C(=O)OCC(=O)Nc2ccc(C(C)=O)cc2)c1. The van der Waals surface area contributed by atoms with Crippen LogP contribution in [0.15, 0.2) is 42.5 Å². The second-order valence-corrected chi connectivity index (χ2v) is 5.32. The quantitative estimate of drug-likeness (QED) is 0.605. The molecule has 7 nitrogen and oxygen atoms in total. The molecule has 0 bridgehead atoms. The first kappa shape index (κ1) is 19.0. The summed E-state index contributed by atoms with van der Waals surface area (Å²) in [5.41, 5.74) is 1.19. The summed E-state index contributed by atoms with van der Waals surface area (Å²) in [6.07, 6.45) is 0. The Labute approximate surface area is 150 Å². The Morgan fingerprint density at radius 1 is 0.962 bits per heavy atom. The zero-order valence-corrected chi connectivity index (χ0v) is 14.7. The minimum Gasteiger partial charge on any atom is -0.497 e. The van der Waals surface area contributed by atoms with E-state index in [4.69, 9.17) is 14.2 Å². The molecule has 0 fully saturated rings. The van der Waals surface area contributed by atoms with Gasteiger partial charge in [-0.25, -0.2) is 4.79 Å². The van der Waals surface area contributed by atoms with Gasteiger partial charge in [0.25, 0.3) is 5.91 Å². The van der Waals surface area contributed by atoms with Crippen molar-refractivity contribution in [3.8, 4) is 11.5 Å². The molecule has 1 amide bonds. The number of anilines is 1. The summed E-state index contributed by atoms with van der Waals surface area (Å²) in [6.45, 7) is 0.994. The van der Waals surface area contributed by atoms with Crippen LogP contribution in [-0.2, 0) is 9.53 Å². The summed E-state index contributed by atoms with van der Waals surface area (Å²) in [7, 11) is 2.90. The molecule has 2 aromatic rings. The van der Waals surface area contributed by atoms with Crippen LogP contribution in [0.4, 0.5) is 5.69 Å². The van der Waals surface area contributed by atoms with Gasteiger partial charge in [-0.05, 0) is 49.4 Å². The lowest BCUT2D eigenvalue weighted by Crippen LogP contribution is -2.21. The predicted molar refractivity (Wildman–Crippen MR) is 94.9 cm³/mol. The Morgan fingerprint density at radius 3 is 2.23 bits per heavy atom. The minimum atomic E-state index is -0.706. The molecule has 0 heterocycles. The number of nitrogens with one attached hydrogen (secondary N) is 1. The van der Waals surface area contributed by atoms with Gasteiger partial charge in [-0.1, -0.05) is 0 Å². The highest BCUT2D eigenvalue weighted by Gasteiger charge is 2.16. The number of hydrogen-bond acceptors (Lipinski definition) is 6. The molecular formula is C19H19NO6. The Morgan fingerprint density at radius 2 is 1.65 bits per heavy atom. The van der Waals surface area contributed by atoms with Crippen LogP contribution in [0, 0.1) is 0 Å². The first-order chi connectivity index (χ1) is 12.4. The Kier molecular flexibility index (Phi) is 6.32. The number of esters is 1. The highest BCUT2D eigenvalue weighted by molar-refractivity contribution is 5.98. The maximum atomic E-state index is 12.2. The van der Waals surface area contributed by atoms with E-state index in [1.54, 1.807) is 36.4 Å². The van der Waals surface area contributed by atoms with Gasteiger partial charge in [0.05, 0.1) is 14.2 Å². The molecule has 0 atom stereocenters. The summed E-state index contributed by atoms with van der Waals surface area (Å²) in [4.78, 5) is 35.4. The van der Waals surface area contributed by atoms with E-state index in [0.717, 1.165) is 0 Å². The highest BCUT2D eigenvalue weighted by atomic mass is 16.5. The van der Waals surface area contributed by atoms with E-state index < -0.39 is 18.5 Å². The van der Waals surface area contributed by atoms with Gasteiger partial charge in [0.15, 0.2) is 12.4 Å². The number of ether oxygens (including phenoxy) is 3. The fraction of sp³-hybridized carbons (Fsp3) is 0.211. The number of hydrogen-bond donors (Lipinski definition) is 1. The van der Waals surface area contributed by atoms with Gasteiger partial charge >= 0.3 is 5.97 Å². The van der Waals surface area contributed by atoms with E-state index in [1.807, 2.05) is 0 Å². The second-order valence-electron chi connectivity index (χ2n) is 5.32. The maximum absolute atomic E-state index is 12.2. The van der Waals surface area contributed by atoms with Gasteiger partial charge in [0, 0.05) is 11.3 Å². The molecule has 0 spiro atoms. The fourth-order valence-electron chi connectivity index (χ4n) is 2.17. The van der Waals surface area contributed by atoms with E-state index in [9.17, 15) is 14.4 Å². The molecule has 1 N–H and O–H groups in total. The molecule has 0 aliphatic heterocycles. The first-order valence-electron chi connectivity index (χ1n) is 7.74. The molecule has 0 aliphatic rings. The van der Waals surface area contributed by atoms with E-state index in [0.29, 0.717) is 22.7 Å². The number of benzene rings is 2. The predicted octanol–water partition coefficient (Wildman–Crippen LogP) is 2.70. The van der Waals surface area contributed by atoms with Crippen LogP contribution in [0.1, 0.15) is 27.6 Å². The van der Waals surface area contributed by atoms with E-state index in [1.165, 1.54) is 27.2 Å². The van der Waals surface area contributed by atoms with Gasteiger partial charge in [0.1, 0.15) is 17.1 Å². The van der Waals surface area contributed by atoms with Crippen molar-refractivity contribution in [1.29, 1.82) is 0 Å². The van der Waals surface area contributed by atoms with Crippen LogP contribution < -0.4 is 14.8 Å². The zero-order valence-electron chi connectivity index (χ0n) is 14.7. The molecule has 2 rings (SSSR count). The smallest absolute Gasteiger partial charge is 0.342 e. The summed E-state index contributed by atoms with van der Waals surface area (Å²) < 4.78 is 15.2. The minimum absolute atomic E-state index is 0.0657. The van der Waals surface area contributed by atoms with Gasteiger partial charge in [-0.2, -0.15) is 0 Å². The van der Waals surface area contributed by atoms with Crippen molar-refractivity contribution >= 4 is 23.3 Å². The molecular weight excluding hydrogens is 338 g/mol. The number of rotatable bonds is 7. The van der Waals surface area contributed by atoms with E-state index in [2.05, 4.69) is 5.32 Å². The second kappa shape index (κ2) is 8.66. The highest BCUT2D eigenvalue weighted by Crippen LogP contribution is 2.24. The summed E-state index contributed by atoms with van der Waals surface area (Å²) in [6, 6.07) is 11.1. The maximum Gasteiger partial charge on any atom is 0.342 e. The number of carbonyl (C=O) groups excluding carboxylic acids is 3. The Bertz CT molecular complexity index is 813. The third-order valence-corrected chi connectivity index (χ3v) is 3.54. The van der Waals surface area contributed by atoms with Crippen LogP contribution in [0.5, 0.6) is 11.5 Å². The summed E-state index contributed by atoms with van der Waals surface area (Å²) >= 11 is 0. The molecule has 0 saturated heterocycles. The van der Waals surface area contributed by atoms with Gasteiger partial charge in [0.2, 0.25) is 0 Å². The van der Waals surface area contributed by atoms with Crippen molar-refractivity contribution in [1.82, 2.24) is 0 Å². The van der Waals surface area contributed by atoms with Crippen LogP contribution in [0.2, 0.25) is 0 Å². The van der Waals surface area contributed by atoms with Crippen LogP contribution in [0.25, 0.3) is 0 Å². The number of carbonyl (C=O) groups is 3. The average Bonchev–Trinajstić information content (AvgIpc) is 2.65. The van der Waals surface area contributed by atoms with E-state index in [-0.39, 0.29) is 11.3 Å². The van der Waals surface area contributed by atoms with Crippen molar-refractivity contribution in [3.63, 3.8) is 0 Å². The van der Waals surface area contributed by atoms with Crippen LogP contribution in [-0.4, -0.2) is 38.5 Å². The fourth-order valence-corrected chi connectivity index (χ4v) is 2.17. The van der Waals surface area contributed by atoms with E-state index >= 15 is 0 Å². The lowest BCUT2D eigenvalue weighted by atomic mass is 10.1. The summed E-state index contributed by atoms with van der Waals surface area (Å²) in [5, 5.41) is 2.58. The van der Waals surface area contributed by atoms with Crippen molar-refractivity contribution < 1.29 is 28.6 Å². The summed E-state index contributed by atoms with van der Waals surface area (Å²) in [5.74, 6) is -0.494. The molecule has 0 radical (unpaired) electrons. The third kappa shape index (κ3) is 4.83. The standard InChI is InChI=1S/C19H19NO6/c1-12(21)13-4-6-14(7-5-13)20-18(22)11-26-19(23)16-10-15(24-2)8-9-17(16)25-3/h4-10H,11H2,1-3H3,(H,20,22). The van der Waals surface area contributed by atoms with Gasteiger partial charge in [-0.15, -0.1) is 0 Å². The molecule has 0 aromatic heterocycles. The molecule has 0 aliphatic carbocycles. The Hall–Kier alpha value is -3.35. The van der Waals surface area contributed by atoms with Crippen molar-refractivity contribution in [3.05, 3.63) is 53.6 Å². The lowest BCUT2D eigenvalue weighted by Gasteiger charge is -2.10. The topological polar surface area (TPSA) is 90.9 Å². The molecule has 2 aromatic carbocycles. The monoisotopic (exact) mass is 357 g/mol. The lowest BCUT2D eigenvalue weighted by molar-refractivity contribution is -0.119. The molecule has 136 valence electrons. The van der Waals surface area contributed by atoms with Crippen molar-refractivity contribution in [2.24, 2.45) is 0 Å². The van der Waals surface area contributed by atoms with Gasteiger partial charge in [-0.3, -0.25) is 9.59 Å². The zero-order chi connectivity index (χ0) is 19.1. The number of Topliss-reactive ketones (excluding diaryl/α,β-unsaturated/α-hetero) is 1. The van der Waals surface area contributed by atoms with Crippen LogP contribution >= 0.6 is 0 Å². The van der Waals surface area contributed by atoms with Crippen molar-refractivity contribution in [2.45, 2.75) is 6.92 Å². The molecule has 0 unspecified atom stereocenters. The molecule has 7 heteroatoms. The normalized spacial score (nSPS) is 9.96. The molecule has 26 heavy (non-hydrogen) atoms. The molecule has 0 saturated carbocycles. The largest absolute Gasteiger partial charge is 0.497 e. The van der Waals surface area contributed by atoms with Crippen molar-refractivity contribution in [2.75, 3.05) is 26.1 Å². The number of ketones is 1. The number of methoxy groups -OCH3 is 2. The third-order valence-electron chi connectivity index (χ3n) is 3.54. The number of amides is 1. The van der Waals surface area contributed by atoms with Gasteiger partial charge < -0.3 is 19.5 Å². The Balaban J connectivity index is 1.96. The van der Waals surface area contributed by atoms with Crippen LogP contribution in [0.3, 0.4) is 0 Å². The first-order valence-corrected chi connectivity index (χ1v) is 7.74.